The van der Waals surface area contributed by atoms with E-state index in [-0.39, 0.29) is 5.82 Å². The van der Waals surface area contributed by atoms with Gasteiger partial charge < -0.3 is 10.1 Å². The number of hydrogen-bond acceptors (Lipinski definition) is 4. The monoisotopic (exact) mass is 326 g/mol. The van der Waals surface area contributed by atoms with E-state index in [1.807, 2.05) is 13.0 Å². The zero-order chi connectivity index (χ0) is 17.0. The van der Waals surface area contributed by atoms with Gasteiger partial charge in [-0.1, -0.05) is 6.07 Å². The van der Waals surface area contributed by atoms with Crippen molar-refractivity contribution in [2.45, 2.75) is 13.1 Å². The summed E-state index contributed by atoms with van der Waals surface area (Å²) >= 11 is 0. The van der Waals surface area contributed by atoms with Crippen LogP contribution in [-0.2, 0) is 6.18 Å². The van der Waals surface area contributed by atoms with Crippen LogP contribution in [0.25, 0.3) is 0 Å². The van der Waals surface area contributed by atoms with Gasteiger partial charge in [0.15, 0.2) is 11.5 Å². The van der Waals surface area contributed by atoms with Crippen molar-refractivity contribution in [2.75, 3.05) is 17.7 Å². The lowest BCUT2D eigenvalue weighted by Gasteiger charge is -2.12. The number of halogens is 3. The molecule has 23 heavy (non-hydrogen) atoms. The average molecular weight is 326 g/mol. The highest BCUT2D eigenvalue weighted by Gasteiger charge is 2.32. The van der Waals surface area contributed by atoms with Gasteiger partial charge in [0.1, 0.15) is 5.75 Å². The first-order valence-corrected chi connectivity index (χ1v) is 6.41. The number of rotatable bonds is 3. The number of aryl methyl sites for hydroxylation is 1. The van der Waals surface area contributed by atoms with Crippen molar-refractivity contribution < 1.29 is 22.7 Å². The summed E-state index contributed by atoms with van der Waals surface area (Å²) in [6.07, 6.45) is -3.21. The second-order valence-electron chi connectivity index (χ2n) is 4.57. The van der Waals surface area contributed by atoms with Crippen LogP contribution in [0.2, 0.25) is 0 Å². The van der Waals surface area contributed by atoms with Gasteiger partial charge in [0.2, 0.25) is 0 Å². The SMILES string of the molecule is COc1ccc(C)cc1NC(=O)Nc1cnc(C(F)(F)F)cn1. The Morgan fingerprint density at radius 2 is 1.91 bits per heavy atom. The molecular weight excluding hydrogens is 313 g/mol. The van der Waals surface area contributed by atoms with E-state index in [0.29, 0.717) is 17.6 Å². The number of nitrogens with zero attached hydrogens (tertiary/aromatic N) is 2. The Hall–Kier alpha value is -2.84. The maximum atomic E-state index is 12.4. The molecule has 2 N–H and O–H groups in total. The van der Waals surface area contributed by atoms with Gasteiger partial charge in [-0.3, -0.25) is 5.32 Å². The number of methoxy groups -OCH3 is 1. The molecule has 0 bridgehead atoms. The van der Waals surface area contributed by atoms with E-state index in [4.69, 9.17) is 4.74 Å². The summed E-state index contributed by atoms with van der Waals surface area (Å²) < 4.78 is 42.2. The van der Waals surface area contributed by atoms with Gasteiger partial charge in [-0.05, 0) is 24.6 Å². The maximum absolute atomic E-state index is 12.4. The van der Waals surface area contributed by atoms with Crippen LogP contribution in [0.5, 0.6) is 5.75 Å². The lowest BCUT2D eigenvalue weighted by molar-refractivity contribution is -0.141. The second kappa shape index (κ2) is 6.51. The molecule has 0 fully saturated rings. The number of amides is 2. The van der Waals surface area contributed by atoms with Crippen LogP contribution in [-0.4, -0.2) is 23.1 Å². The van der Waals surface area contributed by atoms with Gasteiger partial charge in [-0.25, -0.2) is 14.8 Å². The van der Waals surface area contributed by atoms with Gasteiger partial charge in [0, 0.05) is 0 Å². The summed E-state index contributed by atoms with van der Waals surface area (Å²) in [5, 5.41) is 4.82. The molecular formula is C14H13F3N4O2. The molecule has 0 aliphatic rings. The van der Waals surface area contributed by atoms with E-state index >= 15 is 0 Å². The highest BCUT2D eigenvalue weighted by molar-refractivity contribution is 6.00. The van der Waals surface area contributed by atoms with Crippen LogP contribution in [0, 0.1) is 6.92 Å². The third kappa shape index (κ3) is 4.31. The Morgan fingerprint density at radius 1 is 1.17 bits per heavy atom. The lowest BCUT2D eigenvalue weighted by atomic mass is 10.2. The molecule has 9 heteroatoms. The van der Waals surface area contributed by atoms with Crippen molar-refractivity contribution in [3.05, 3.63) is 41.9 Å². The Bertz CT molecular complexity index is 702. The van der Waals surface area contributed by atoms with Crippen molar-refractivity contribution in [1.82, 2.24) is 9.97 Å². The molecule has 0 aliphatic heterocycles. The standard InChI is InChI=1S/C14H13F3N4O2/c1-8-3-4-10(23-2)9(5-8)20-13(22)21-12-7-18-11(6-19-12)14(15,16)17/h3-7H,1-2H3,(H2,19,20,21,22). The van der Waals surface area contributed by atoms with Crippen molar-refractivity contribution in [1.29, 1.82) is 0 Å². The molecule has 0 spiro atoms. The Labute approximate surface area is 129 Å². The number of anilines is 2. The topological polar surface area (TPSA) is 76.1 Å². The van der Waals surface area contributed by atoms with Crippen LogP contribution in [0.1, 0.15) is 11.3 Å². The lowest BCUT2D eigenvalue weighted by Crippen LogP contribution is -2.21. The van der Waals surface area contributed by atoms with Crippen LogP contribution in [0.4, 0.5) is 29.5 Å². The van der Waals surface area contributed by atoms with Crippen LogP contribution in [0.3, 0.4) is 0 Å². The van der Waals surface area contributed by atoms with E-state index in [1.54, 1.807) is 12.1 Å². The zero-order valence-corrected chi connectivity index (χ0v) is 12.2. The van der Waals surface area contributed by atoms with Gasteiger partial charge in [-0.15, -0.1) is 0 Å². The largest absolute Gasteiger partial charge is 0.495 e. The van der Waals surface area contributed by atoms with Crippen LogP contribution >= 0.6 is 0 Å². The molecule has 2 rings (SSSR count). The van der Waals surface area contributed by atoms with Crippen LogP contribution in [0.15, 0.2) is 30.6 Å². The third-order valence-electron chi connectivity index (χ3n) is 2.79. The molecule has 0 saturated heterocycles. The molecule has 0 atom stereocenters. The van der Waals surface area contributed by atoms with E-state index in [1.165, 1.54) is 7.11 Å². The maximum Gasteiger partial charge on any atom is 0.434 e. The molecule has 1 heterocycles. The Balaban J connectivity index is 2.07. The molecule has 1 aromatic heterocycles. The number of nitrogens with one attached hydrogen (secondary N) is 2. The summed E-state index contributed by atoms with van der Waals surface area (Å²) in [6.45, 7) is 1.84. The van der Waals surface area contributed by atoms with Crippen LogP contribution < -0.4 is 15.4 Å². The summed E-state index contributed by atoms with van der Waals surface area (Å²) in [7, 11) is 1.45. The van der Waals surface area contributed by atoms with E-state index in [0.717, 1.165) is 11.8 Å². The molecule has 6 nitrogen and oxygen atoms in total. The van der Waals surface area contributed by atoms with Gasteiger partial charge in [0.25, 0.3) is 0 Å². The number of carbonyl (C=O) groups excluding carboxylic acids is 1. The molecule has 122 valence electrons. The van der Waals surface area contributed by atoms with Crippen molar-refractivity contribution in [2.24, 2.45) is 0 Å². The molecule has 0 saturated carbocycles. The number of ether oxygens (including phenoxy) is 1. The summed E-state index contributed by atoms with van der Waals surface area (Å²) in [5.41, 5.74) is 0.184. The first-order valence-electron chi connectivity index (χ1n) is 6.41. The summed E-state index contributed by atoms with van der Waals surface area (Å²) in [5.74, 6) is 0.339. The van der Waals surface area contributed by atoms with E-state index in [2.05, 4.69) is 20.6 Å². The predicted molar refractivity (Wildman–Crippen MR) is 77.4 cm³/mol. The molecule has 0 radical (unpaired) electrons. The first kappa shape index (κ1) is 16.5. The number of aromatic nitrogens is 2. The minimum Gasteiger partial charge on any atom is -0.495 e. The average Bonchev–Trinajstić information content (AvgIpc) is 2.47. The number of alkyl halides is 3. The fraction of sp³-hybridized carbons (Fsp3) is 0.214. The molecule has 2 aromatic rings. The molecule has 0 unspecified atom stereocenters. The quantitative estimate of drug-likeness (QED) is 0.906. The van der Waals surface area contributed by atoms with E-state index < -0.39 is 17.9 Å². The zero-order valence-electron chi connectivity index (χ0n) is 12.2. The Kier molecular flexibility index (Phi) is 4.68. The number of carbonyl (C=O) groups is 1. The highest BCUT2D eigenvalue weighted by Crippen LogP contribution is 2.27. The number of hydrogen-bond donors (Lipinski definition) is 2. The summed E-state index contributed by atoms with van der Waals surface area (Å²) in [4.78, 5) is 18.6. The summed E-state index contributed by atoms with van der Waals surface area (Å²) in [6, 6.07) is 4.51. The van der Waals surface area contributed by atoms with E-state index in [9.17, 15) is 18.0 Å². The minimum atomic E-state index is -4.58. The van der Waals surface area contributed by atoms with Crippen molar-refractivity contribution in [3.63, 3.8) is 0 Å². The molecule has 1 aromatic carbocycles. The predicted octanol–water partition coefficient (Wildman–Crippen LogP) is 3.46. The fourth-order valence-electron chi connectivity index (χ4n) is 1.73. The second-order valence-corrected chi connectivity index (χ2v) is 4.57. The third-order valence-corrected chi connectivity index (χ3v) is 2.79. The van der Waals surface area contributed by atoms with Crippen molar-refractivity contribution in [3.8, 4) is 5.75 Å². The fourth-order valence-corrected chi connectivity index (χ4v) is 1.73. The highest BCUT2D eigenvalue weighted by atomic mass is 19.4. The Morgan fingerprint density at radius 3 is 2.48 bits per heavy atom. The van der Waals surface area contributed by atoms with Gasteiger partial charge >= 0.3 is 12.2 Å². The number of benzene rings is 1. The van der Waals surface area contributed by atoms with Gasteiger partial charge in [0.05, 0.1) is 25.2 Å². The molecule has 2 amide bonds. The molecule has 0 aliphatic carbocycles. The smallest absolute Gasteiger partial charge is 0.434 e. The van der Waals surface area contributed by atoms with Gasteiger partial charge in [-0.2, -0.15) is 13.2 Å². The number of urea groups is 1. The minimum absolute atomic E-state index is 0.109. The van der Waals surface area contributed by atoms with Crippen molar-refractivity contribution >= 4 is 17.5 Å². The normalized spacial score (nSPS) is 11.0. The first-order chi connectivity index (χ1) is 10.8.